The molecule has 3 aromatic rings. The number of fused-ring (bicyclic) bond motifs is 1. The third-order valence-electron chi connectivity index (χ3n) is 2.93. The lowest BCUT2D eigenvalue weighted by Gasteiger charge is -2.02. The van der Waals surface area contributed by atoms with Gasteiger partial charge in [0.2, 0.25) is 5.91 Å². The van der Waals surface area contributed by atoms with Gasteiger partial charge < -0.3 is 5.32 Å². The number of carbonyl (C=O) groups excluding carboxylic acids is 2. The van der Waals surface area contributed by atoms with Crippen molar-refractivity contribution in [2.75, 3.05) is 10.6 Å². The first kappa shape index (κ1) is 15.4. The number of halogens is 1. The summed E-state index contributed by atoms with van der Waals surface area (Å²) in [7, 11) is 0. The van der Waals surface area contributed by atoms with Crippen molar-refractivity contribution in [1.29, 1.82) is 0 Å². The molecule has 0 bridgehead atoms. The summed E-state index contributed by atoms with van der Waals surface area (Å²) in [6.07, 6.45) is 1.51. The van der Waals surface area contributed by atoms with Crippen molar-refractivity contribution < 1.29 is 9.59 Å². The van der Waals surface area contributed by atoms with E-state index in [-0.39, 0.29) is 22.5 Å². The Morgan fingerprint density at radius 2 is 2.04 bits per heavy atom. The first-order chi connectivity index (χ1) is 11.0. The van der Waals surface area contributed by atoms with Crippen molar-refractivity contribution in [2.24, 2.45) is 0 Å². The molecule has 2 amide bonds. The van der Waals surface area contributed by atoms with Gasteiger partial charge in [0.15, 0.2) is 5.13 Å². The van der Waals surface area contributed by atoms with Crippen molar-refractivity contribution in [3.8, 4) is 0 Å². The van der Waals surface area contributed by atoms with Gasteiger partial charge >= 0.3 is 0 Å². The number of aromatic nitrogens is 2. The number of pyridine rings is 1. The summed E-state index contributed by atoms with van der Waals surface area (Å²) in [5, 5.41) is 6.00. The standard InChI is InChI=1S/C15H11ClN4O2S/c1-8(21)18-9-4-5-11-12(7-9)23-15(19-11)20-14(22)10-3-2-6-17-13(10)16/h2-7H,1H3,(H,18,21)(H,19,20,22). The summed E-state index contributed by atoms with van der Waals surface area (Å²) in [5.41, 5.74) is 1.70. The van der Waals surface area contributed by atoms with Crippen molar-refractivity contribution in [1.82, 2.24) is 9.97 Å². The van der Waals surface area contributed by atoms with Crippen LogP contribution in [0.5, 0.6) is 0 Å². The summed E-state index contributed by atoms with van der Waals surface area (Å²) < 4.78 is 0.851. The monoisotopic (exact) mass is 346 g/mol. The van der Waals surface area contributed by atoms with Gasteiger partial charge in [-0.05, 0) is 30.3 Å². The fourth-order valence-corrected chi connectivity index (χ4v) is 3.08. The molecule has 6 nitrogen and oxygen atoms in total. The van der Waals surface area contributed by atoms with E-state index in [0.717, 1.165) is 10.2 Å². The van der Waals surface area contributed by atoms with Crippen LogP contribution in [-0.2, 0) is 4.79 Å². The van der Waals surface area contributed by atoms with E-state index in [4.69, 9.17) is 11.6 Å². The number of benzene rings is 1. The summed E-state index contributed by atoms with van der Waals surface area (Å²) in [6.45, 7) is 1.44. The third kappa shape index (κ3) is 3.46. The van der Waals surface area contributed by atoms with Gasteiger partial charge in [-0.25, -0.2) is 9.97 Å². The maximum atomic E-state index is 12.2. The second kappa shape index (κ2) is 6.31. The molecule has 3 rings (SSSR count). The SMILES string of the molecule is CC(=O)Nc1ccc2nc(NC(=O)c3cccnc3Cl)sc2c1. The number of carbonyl (C=O) groups is 2. The Balaban J connectivity index is 1.85. The molecule has 0 radical (unpaired) electrons. The second-order valence-electron chi connectivity index (χ2n) is 4.68. The molecular formula is C15H11ClN4O2S. The molecule has 0 aliphatic heterocycles. The van der Waals surface area contributed by atoms with Crippen LogP contribution in [0.4, 0.5) is 10.8 Å². The highest BCUT2D eigenvalue weighted by Gasteiger charge is 2.13. The van der Waals surface area contributed by atoms with Crippen LogP contribution in [0, 0.1) is 0 Å². The third-order valence-corrected chi connectivity index (χ3v) is 4.17. The van der Waals surface area contributed by atoms with Crippen LogP contribution >= 0.6 is 22.9 Å². The normalized spacial score (nSPS) is 10.5. The van der Waals surface area contributed by atoms with Crippen LogP contribution in [0.2, 0.25) is 5.15 Å². The minimum absolute atomic E-state index is 0.138. The van der Waals surface area contributed by atoms with Gasteiger partial charge in [0, 0.05) is 18.8 Å². The first-order valence-corrected chi connectivity index (χ1v) is 7.82. The topological polar surface area (TPSA) is 84.0 Å². The number of amides is 2. The van der Waals surface area contributed by atoms with E-state index >= 15 is 0 Å². The van der Waals surface area contributed by atoms with Crippen molar-refractivity contribution >= 4 is 55.8 Å². The Hall–Kier alpha value is -2.51. The van der Waals surface area contributed by atoms with E-state index in [9.17, 15) is 9.59 Å². The summed E-state index contributed by atoms with van der Waals surface area (Å²) in [4.78, 5) is 31.5. The van der Waals surface area contributed by atoms with E-state index in [1.54, 1.807) is 30.3 Å². The highest BCUT2D eigenvalue weighted by molar-refractivity contribution is 7.22. The lowest BCUT2D eigenvalue weighted by molar-refractivity contribution is -0.114. The Morgan fingerprint density at radius 1 is 1.22 bits per heavy atom. The highest BCUT2D eigenvalue weighted by Crippen LogP contribution is 2.29. The number of thiazole rings is 1. The average molecular weight is 347 g/mol. The molecule has 0 atom stereocenters. The molecule has 0 spiro atoms. The van der Waals surface area contributed by atoms with Gasteiger partial charge in [-0.15, -0.1) is 0 Å². The van der Waals surface area contributed by atoms with Gasteiger partial charge in [-0.3, -0.25) is 14.9 Å². The number of rotatable bonds is 3. The molecule has 2 heterocycles. The zero-order valence-electron chi connectivity index (χ0n) is 12.0. The van der Waals surface area contributed by atoms with Gasteiger partial charge in [0.1, 0.15) is 5.15 Å². The fourth-order valence-electron chi connectivity index (χ4n) is 1.98. The molecule has 116 valence electrons. The number of hydrogen-bond acceptors (Lipinski definition) is 5. The van der Waals surface area contributed by atoms with Gasteiger partial charge in [0.25, 0.3) is 5.91 Å². The van der Waals surface area contributed by atoms with E-state index in [2.05, 4.69) is 20.6 Å². The van der Waals surface area contributed by atoms with Crippen molar-refractivity contribution in [2.45, 2.75) is 6.92 Å². The predicted octanol–water partition coefficient (Wildman–Crippen LogP) is 3.56. The number of hydrogen-bond donors (Lipinski definition) is 2. The van der Waals surface area contributed by atoms with E-state index in [1.165, 1.54) is 24.5 Å². The largest absolute Gasteiger partial charge is 0.326 e. The molecule has 1 aromatic carbocycles. The van der Waals surface area contributed by atoms with Gasteiger partial charge in [-0.1, -0.05) is 22.9 Å². The molecule has 2 N–H and O–H groups in total. The Bertz CT molecular complexity index is 909. The summed E-state index contributed by atoms with van der Waals surface area (Å²) in [5.74, 6) is -0.516. The molecule has 2 aromatic heterocycles. The number of nitrogens with zero attached hydrogens (tertiary/aromatic N) is 2. The Kier molecular flexibility index (Phi) is 4.22. The molecule has 0 aliphatic rings. The lowest BCUT2D eigenvalue weighted by atomic mass is 10.3. The Labute approximate surface area is 140 Å². The van der Waals surface area contributed by atoms with E-state index < -0.39 is 0 Å². The highest BCUT2D eigenvalue weighted by atomic mass is 35.5. The first-order valence-electron chi connectivity index (χ1n) is 6.63. The van der Waals surface area contributed by atoms with Crippen LogP contribution < -0.4 is 10.6 Å². The molecule has 0 saturated heterocycles. The minimum Gasteiger partial charge on any atom is -0.326 e. The van der Waals surface area contributed by atoms with E-state index in [0.29, 0.717) is 10.8 Å². The second-order valence-corrected chi connectivity index (χ2v) is 6.07. The fraction of sp³-hybridized carbons (Fsp3) is 0.0667. The summed E-state index contributed by atoms with van der Waals surface area (Å²) in [6, 6.07) is 8.57. The van der Waals surface area contributed by atoms with Gasteiger partial charge in [-0.2, -0.15) is 0 Å². The zero-order valence-corrected chi connectivity index (χ0v) is 13.5. The lowest BCUT2D eigenvalue weighted by Crippen LogP contribution is -2.12. The molecule has 8 heteroatoms. The van der Waals surface area contributed by atoms with Crippen molar-refractivity contribution in [3.05, 3.63) is 47.2 Å². The van der Waals surface area contributed by atoms with Gasteiger partial charge in [0.05, 0.1) is 15.8 Å². The molecular weight excluding hydrogens is 336 g/mol. The van der Waals surface area contributed by atoms with Crippen LogP contribution in [0.15, 0.2) is 36.5 Å². The number of anilines is 2. The van der Waals surface area contributed by atoms with Crippen LogP contribution in [0.1, 0.15) is 17.3 Å². The average Bonchev–Trinajstić information content (AvgIpc) is 2.88. The smallest absolute Gasteiger partial charge is 0.260 e. The Morgan fingerprint density at radius 3 is 2.78 bits per heavy atom. The molecule has 0 aliphatic carbocycles. The molecule has 0 unspecified atom stereocenters. The van der Waals surface area contributed by atoms with Crippen LogP contribution in [0.25, 0.3) is 10.2 Å². The number of nitrogens with one attached hydrogen (secondary N) is 2. The molecule has 0 saturated carbocycles. The van der Waals surface area contributed by atoms with E-state index in [1.807, 2.05) is 0 Å². The maximum Gasteiger partial charge on any atom is 0.260 e. The zero-order chi connectivity index (χ0) is 16.4. The predicted molar refractivity (Wildman–Crippen MR) is 91.1 cm³/mol. The molecule has 0 fully saturated rings. The summed E-state index contributed by atoms with van der Waals surface area (Å²) >= 11 is 7.21. The molecule has 23 heavy (non-hydrogen) atoms. The minimum atomic E-state index is -0.371. The van der Waals surface area contributed by atoms with Crippen molar-refractivity contribution in [3.63, 3.8) is 0 Å². The maximum absolute atomic E-state index is 12.2. The quantitative estimate of drug-likeness (QED) is 0.710. The van der Waals surface area contributed by atoms with Crippen LogP contribution in [0.3, 0.4) is 0 Å². The van der Waals surface area contributed by atoms with Crippen LogP contribution in [-0.4, -0.2) is 21.8 Å².